The molecule has 0 saturated carbocycles. The minimum absolute atomic E-state index is 0.0942. The number of nitrogens with zero attached hydrogens (tertiary/aromatic N) is 2. The van der Waals surface area contributed by atoms with Crippen molar-refractivity contribution in [2.75, 3.05) is 46.4 Å². The zero-order chi connectivity index (χ0) is 20.5. The Morgan fingerprint density at radius 1 is 1.10 bits per heavy atom. The molecule has 1 aromatic rings. The Hall–Kier alpha value is -1.43. The summed E-state index contributed by atoms with van der Waals surface area (Å²) in [5, 5.41) is 3.09. The third-order valence-electron chi connectivity index (χ3n) is 6.56. The van der Waals surface area contributed by atoms with E-state index in [0.29, 0.717) is 12.6 Å². The van der Waals surface area contributed by atoms with Gasteiger partial charge < -0.3 is 19.9 Å². The smallest absolute Gasteiger partial charge is 0.223 e. The number of aryl methyl sites for hydroxylation is 1. The Morgan fingerprint density at radius 2 is 1.79 bits per heavy atom. The first-order valence-electron chi connectivity index (χ1n) is 11.5. The topological polar surface area (TPSA) is 44.8 Å². The molecular weight excluding hydrogens is 362 g/mol. The summed E-state index contributed by atoms with van der Waals surface area (Å²) < 4.78 is 5.12. The monoisotopic (exact) mass is 401 g/mol. The van der Waals surface area contributed by atoms with E-state index in [9.17, 15) is 4.79 Å². The van der Waals surface area contributed by atoms with E-state index in [1.807, 2.05) is 6.92 Å². The molecule has 5 heteroatoms. The number of hydrogen-bond acceptors (Lipinski definition) is 4. The quantitative estimate of drug-likeness (QED) is 0.691. The van der Waals surface area contributed by atoms with E-state index in [-0.39, 0.29) is 17.9 Å². The van der Waals surface area contributed by atoms with Gasteiger partial charge in [0.1, 0.15) is 0 Å². The molecule has 1 aromatic carbocycles. The van der Waals surface area contributed by atoms with E-state index >= 15 is 0 Å². The molecule has 3 rings (SSSR count). The molecule has 2 heterocycles. The summed E-state index contributed by atoms with van der Waals surface area (Å²) in [6.07, 6.45) is 6.95. The molecule has 1 amide bonds. The Morgan fingerprint density at radius 3 is 2.45 bits per heavy atom. The van der Waals surface area contributed by atoms with Crippen LogP contribution in [-0.2, 0) is 16.0 Å². The summed E-state index contributed by atoms with van der Waals surface area (Å²) in [5.74, 6) is 0.381. The first kappa shape index (κ1) is 22.3. The highest BCUT2D eigenvalue weighted by atomic mass is 16.5. The summed E-state index contributed by atoms with van der Waals surface area (Å²) in [6.45, 7) is 8.36. The molecule has 0 aromatic heterocycles. The molecule has 1 N–H and O–H groups in total. The van der Waals surface area contributed by atoms with Gasteiger partial charge in [-0.2, -0.15) is 0 Å². The number of methoxy groups -OCH3 is 1. The third kappa shape index (κ3) is 7.09. The highest BCUT2D eigenvalue weighted by Crippen LogP contribution is 2.24. The Balaban J connectivity index is 1.31. The fraction of sp³-hybridized carbons (Fsp3) is 0.708. The number of carbonyl (C=O) groups is 1. The lowest BCUT2D eigenvalue weighted by Gasteiger charge is -2.41. The number of carbonyl (C=O) groups excluding carboxylic acids is 1. The SMILES string of the molecule is COC[C@@H](C)NC(=O)C1CCN(C2CCN(CCCc3ccccc3)CC2)CC1. The second-order valence-electron chi connectivity index (χ2n) is 8.84. The second kappa shape index (κ2) is 11.7. The standard InChI is InChI=1S/C24H39N3O2/c1-20(19-29-2)25-24(28)22-10-17-27(18-11-22)23-12-15-26(16-13-23)14-6-9-21-7-4-3-5-8-21/h3-5,7-8,20,22-23H,6,9-19H2,1-2H3,(H,25,28)/t20-/m1/s1. The number of rotatable bonds is 9. The normalized spacial score (nSPS) is 21.2. The van der Waals surface area contributed by atoms with E-state index in [2.05, 4.69) is 45.4 Å². The van der Waals surface area contributed by atoms with Crippen molar-refractivity contribution < 1.29 is 9.53 Å². The maximum atomic E-state index is 12.4. The van der Waals surface area contributed by atoms with E-state index < -0.39 is 0 Å². The third-order valence-corrected chi connectivity index (χ3v) is 6.56. The van der Waals surface area contributed by atoms with Gasteiger partial charge in [-0.1, -0.05) is 30.3 Å². The van der Waals surface area contributed by atoms with Crippen molar-refractivity contribution in [1.29, 1.82) is 0 Å². The van der Waals surface area contributed by atoms with Crippen molar-refractivity contribution in [2.45, 2.75) is 57.5 Å². The lowest BCUT2D eigenvalue weighted by molar-refractivity contribution is -0.127. The Kier molecular flexibility index (Phi) is 8.96. The van der Waals surface area contributed by atoms with Crippen molar-refractivity contribution in [2.24, 2.45) is 5.92 Å². The molecule has 0 unspecified atom stereocenters. The molecule has 1 atom stereocenters. The molecule has 0 bridgehead atoms. The lowest BCUT2D eigenvalue weighted by Crippen LogP contribution is -2.50. The summed E-state index contributed by atoms with van der Waals surface area (Å²) in [6, 6.07) is 11.6. The van der Waals surface area contributed by atoms with E-state index in [0.717, 1.165) is 25.9 Å². The lowest BCUT2D eigenvalue weighted by atomic mass is 9.92. The molecule has 2 saturated heterocycles. The zero-order valence-electron chi connectivity index (χ0n) is 18.3. The summed E-state index contributed by atoms with van der Waals surface area (Å²) in [7, 11) is 1.68. The highest BCUT2D eigenvalue weighted by molar-refractivity contribution is 5.79. The molecule has 0 aliphatic carbocycles. The van der Waals surface area contributed by atoms with Crippen molar-refractivity contribution in [3.8, 4) is 0 Å². The van der Waals surface area contributed by atoms with Gasteiger partial charge in [0.25, 0.3) is 0 Å². The van der Waals surface area contributed by atoms with Crippen molar-refractivity contribution in [3.05, 3.63) is 35.9 Å². The highest BCUT2D eigenvalue weighted by Gasteiger charge is 2.30. The first-order valence-corrected chi connectivity index (χ1v) is 11.5. The zero-order valence-corrected chi connectivity index (χ0v) is 18.3. The van der Waals surface area contributed by atoms with Gasteiger partial charge in [-0.25, -0.2) is 0 Å². The van der Waals surface area contributed by atoms with Gasteiger partial charge in [-0.05, 0) is 83.7 Å². The van der Waals surface area contributed by atoms with E-state index in [1.54, 1.807) is 7.11 Å². The average Bonchev–Trinajstić information content (AvgIpc) is 2.75. The summed E-state index contributed by atoms with van der Waals surface area (Å²) in [5.41, 5.74) is 1.45. The molecular formula is C24H39N3O2. The number of likely N-dealkylation sites (tertiary alicyclic amines) is 2. The minimum Gasteiger partial charge on any atom is -0.383 e. The van der Waals surface area contributed by atoms with Crippen LogP contribution >= 0.6 is 0 Å². The van der Waals surface area contributed by atoms with Crippen molar-refractivity contribution in [1.82, 2.24) is 15.1 Å². The molecule has 5 nitrogen and oxygen atoms in total. The number of hydrogen-bond donors (Lipinski definition) is 1. The minimum atomic E-state index is 0.0942. The van der Waals surface area contributed by atoms with Crippen LogP contribution in [0.1, 0.15) is 44.6 Å². The summed E-state index contributed by atoms with van der Waals surface area (Å²) in [4.78, 5) is 17.7. The maximum Gasteiger partial charge on any atom is 0.223 e. The average molecular weight is 402 g/mol. The van der Waals surface area contributed by atoms with Crippen molar-refractivity contribution >= 4 is 5.91 Å². The van der Waals surface area contributed by atoms with Crippen LogP contribution in [0.2, 0.25) is 0 Å². The predicted octanol–water partition coefficient (Wildman–Crippen LogP) is 2.95. The van der Waals surface area contributed by atoms with Crippen LogP contribution in [0.5, 0.6) is 0 Å². The molecule has 162 valence electrons. The molecule has 0 spiro atoms. The number of piperidine rings is 2. The predicted molar refractivity (Wildman–Crippen MR) is 118 cm³/mol. The van der Waals surface area contributed by atoms with Crippen LogP contribution in [0.4, 0.5) is 0 Å². The second-order valence-corrected chi connectivity index (χ2v) is 8.84. The first-order chi connectivity index (χ1) is 14.2. The van der Waals surface area contributed by atoms with Crippen LogP contribution in [0.3, 0.4) is 0 Å². The largest absolute Gasteiger partial charge is 0.383 e. The van der Waals surface area contributed by atoms with Gasteiger partial charge in [-0.15, -0.1) is 0 Å². The Bertz CT molecular complexity index is 593. The molecule has 0 radical (unpaired) electrons. The number of benzene rings is 1. The number of amides is 1. The van der Waals surface area contributed by atoms with E-state index in [4.69, 9.17) is 4.74 Å². The summed E-state index contributed by atoms with van der Waals surface area (Å²) >= 11 is 0. The van der Waals surface area contributed by atoms with E-state index in [1.165, 1.54) is 50.9 Å². The fourth-order valence-electron chi connectivity index (χ4n) is 4.84. The van der Waals surface area contributed by atoms with Gasteiger partial charge in [0.05, 0.1) is 6.61 Å². The fourth-order valence-corrected chi connectivity index (χ4v) is 4.84. The molecule has 2 fully saturated rings. The van der Waals surface area contributed by atoms with Gasteiger partial charge in [-0.3, -0.25) is 4.79 Å². The van der Waals surface area contributed by atoms with Crippen LogP contribution in [0.25, 0.3) is 0 Å². The molecule has 2 aliphatic rings. The van der Waals surface area contributed by atoms with Gasteiger partial charge >= 0.3 is 0 Å². The van der Waals surface area contributed by atoms with Gasteiger partial charge in [0, 0.05) is 25.1 Å². The maximum absolute atomic E-state index is 12.4. The molecule has 29 heavy (non-hydrogen) atoms. The van der Waals surface area contributed by atoms with Gasteiger partial charge in [0.15, 0.2) is 0 Å². The van der Waals surface area contributed by atoms with Gasteiger partial charge in [0.2, 0.25) is 5.91 Å². The number of ether oxygens (including phenoxy) is 1. The molecule has 2 aliphatic heterocycles. The van der Waals surface area contributed by atoms with Crippen molar-refractivity contribution in [3.63, 3.8) is 0 Å². The van der Waals surface area contributed by atoms with Crippen LogP contribution < -0.4 is 5.32 Å². The Labute approximate surface area is 176 Å². The number of nitrogens with one attached hydrogen (secondary N) is 1. The van der Waals surface area contributed by atoms with Crippen LogP contribution in [-0.4, -0.2) is 74.2 Å². The van der Waals surface area contributed by atoms with Crippen LogP contribution in [0.15, 0.2) is 30.3 Å². The van der Waals surface area contributed by atoms with Crippen LogP contribution in [0, 0.1) is 5.92 Å².